The first-order valence-corrected chi connectivity index (χ1v) is 8.60. The van der Waals surface area contributed by atoms with Crippen molar-refractivity contribution >= 4 is 0 Å². The third kappa shape index (κ3) is 2.75. The van der Waals surface area contributed by atoms with Crippen molar-refractivity contribution < 1.29 is 0 Å². The smallest absolute Gasteiger partial charge is 0.0643 e. The van der Waals surface area contributed by atoms with Gasteiger partial charge in [-0.1, -0.05) is 44.0 Å². The van der Waals surface area contributed by atoms with Gasteiger partial charge in [0, 0.05) is 5.54 Å². The van der Waals surface area contributed by atoms with Crippen LogP contribution in [-0.2, 0) is 6.42 Å². The van der Waals surface area contributed by atoms with E-state index in [0.29, 0.717) is 0 Å². The third-order valence-corrected chi connectivity index (χ3v) is 5.63. The Morgan fingerprint density at radius 2 is 1.71 bits per heavy atom. The van der Waals surface area contributed by atoms with Crippen LogP contribution in [-0.4, -0.2) is 23.5 Å². The van der Waals surface area contributed by atoms with Crippen LogP contribution in [0.25, 0.3) is 0 Å². The highest BCUT2D eigenvalue weighted by atomic mass is 15.3. The van der Waals surface area contributed by atoms with Crippen LogP contribution in [0.1, 0.15) is 62.6 Å². The zero-order valence-electron chi connectivity index (χ0n) is 13.3. The Labute approximate surface area is 128 Å². The maximum atomic E-state index is 6.03. The summed E-state index contributed by atoms with van der Waals surface area (Å²) in [6.45, 7) is 4.69. The van der Waals surface area contributed by atoms with E-state index in [4.69, 9.17) is 5.84 Å². The summed E-state index contributed by atoms with van der Waals surface area (Å²) in [5.41, 5.74) is 6.16. The van der Waals surface area contributed by atoms with Crippen LogP contribution in [0.5, 0.6) is 0 Å². The summed E-state index contributed by atoms with van der Waals surface area (Å²) in [6.07, 6.45) is 9.00. The van der Waals surface area contributed by atoms with Crippen molar-refractivity contribution in [1.29, 1.82) is 0 Å². The molecular weight excluding hydrogens is 258 g/mol. The van der Waals surface area contributed by atoms with Crippen molar-refractivity contribution in [3.05, 3.63) is 35.4 Å². The second-order valence-corrected chi connectivity index (χ2v) is 6.70. The molecule has 3 heteroatoms. The van der Waals surface area contributed by atoms with Crippen molar-refractivity contribution in [3.63, 3.8) is 0 Å². The van der Waals surface area contributed by atoms with Gasteiger partial charge in [-0.3, -0.25) is 16.2 Å². The lowest BCUT2D eigenvalue weighted by atomic mass is 9.82. The van der Waals surface area contributed by atoms with Crippen molar-refractivity contribution in [2.75, 3.05) is 13.1 Å². The van der Waals surface area contributed by atoms with Crippen molar-refractivity contribution in [2.24, 2.45) is 5.84 Å². The highest BCUT2D eigenvalue weighted by Gasteiger charge is 2.46. The Kier molecular flexibility index (Phi) is 4.63. The third-order valence-electron chi connectivity index (χ3n) is 5.63. The molecule has 1 unspecified atom stereocenters. The van der Waals surface area contributed by atoms with E-state index < -0.39 is 0 Å². The normalized spacial score (nSPS) is 23.5. The van der Waals surface area contributed by atoms with Crippen molar-refractivity contribution in [2.45, 2.75) is 63.5 Å². The lowest BCUT2D eigenvalue weighted by Gasteiger charge is -2.45. The van der Waals surface area contributed by atoms with Gasteiger partial charge in [0.2, 0.25) is 0 Å². The Bertz CT molecular complexity index is 442. The minimum Gasteiger partial charge on any atom is -0.296 e. The van der Waals surface area contributed by atoms with E-state index in [-0.39, 0.29) is 11.6 Å². The molecule has 3 rings (SSSR count). The second kappa shape index (κ2) is 6.47. The predicted octanol–water partition coefficient (Wildman–Crippen LogP) is 3.16. The molecule has 1 aliphatic heterocycles. The van der Waals surface area contributed by atoms with Gasteiger partial charge in [-0.15, -0.1) is 0 Å². The second-order valence-electron chi connectivity index (χ2n) is 6.70. The Morgan fingerprint density at radius 1 is 1.10 bits per heavy atom. The van der Waals surface area contributed by atoms with Crippen LogP contribution >= 0.6 is 0 Å². The lowest BCUT2D eigenvalue weighted by Crippen LogP contribution is -2.55. The summed E-state index contributed by atoms with van der Waals surface area (Å²) in [5.74, 6) is 6.03. The topological polar surface area (TPSA) is 41.3 Å². The molecule has 1 saturated heterocycles. The first kappa shape index (κ1) is 15.0. The van der Waals surface area contributed by atoms with Gasteiger partial charge in [0.25, 0.3) is 0 Å². The molecule has 1 atom stereocenters. The fourth-order valence-electron chi connectivity index (χ4n) is 4.44. The van der Waals surface area contributed by atoms with Gasteiger partial charge in [-0.05, 0) is 56.3 Å². The van der Waals surface area contributed by atoms with Crippen LogP contribution in [0.2, 0.25) is 0 Å². The average molecular weight is 287 g/mol. The molecule has 0 aromatic heterocycles. The largest absolute Gasteiger partial charge is 0.296 e. The number of nitrogens with zero attached hydrogens (tertiary/aromatic N) is 1. The molecule has 2 fully saturated rings. The van der Waals surface area contributed by atoms with Crippen LogP contribution in [0.4, 0.5) is 0 Å². The summed E-state index contributed by atoms with van der Waals surface area (Å²) in [7, 11) is 0. The number of nitrogens with one attached hydrogen (secondary N) is 1. The zero-order chi connectivity index (χ0) is 14.7. The molecule has 0 radical (unpaired) electrons. The Balaban J connectivity index is 1.90. The Hall–Kier alpha value is -0.900. The Morgan fingerprint density at radius 3 is 2.24 bits per heavy atom. The van der Waals surface area contributed by atoms with E-state index >= 15 is 0 Å². The first-order chi connectivity index (χ1) is 10.3. The van der Waals surface area contributed by atoms with E-state index in [1.807, 2.05) is 0 Å². The SMILES string of the molecule is CCc1ccc(C(NN)C2(N3CCCC3)CCCC2)cc1. The van der Waals surface area contributed by atoms with E-state index in [1.165, 1.54) is 62.7 Å². The van der Waals surface area contributed by atoms with Gasteiger partial charge in [-0.2, -0.15) is 0 Å². The number of hydrogen-bond donors (Lipinski definition) is 2. The molecule has 1 saturated carbocycles. The number of nitrogens with two attached hydrogens (primary N) is 1. The van der Waals surface area contributed by atoms with Gasteiger partial charge in [0.15, 0.2) is 0 Å². The van der Waals surface area contributed by atoms with Crippen LogP contribution < -0.4 is 11.3 Å². The number of aryl methyl sites for hydroxylation is 1. The summed E-state index contributed by atoms with van der Waals surface area (Å²) in [4.78, 5) is 2.72. The molecule has 1 aromatic rings. The highest BCUT2D eigenvalue weighted by Crippen LogP contribution is 2.45. The fraction of sp³-hybridized carbons (Fsp3) is 0.667. The van der Waals surface area contributed by atoms with Gasteiger partial charge in [0.05, 0.1) is 6.04 Å². The van der Waals surface area contributed by atoms with E-state index in [1.54, 1.807) is 0 Å². The lowest BCUT2D eigenvalue weighted by molar-refractivity contribution is 0.0764. The van der Waals surface area contributed by atoms with Crippen molar-refractivity contribution in [3.8, 4) is 0 Å². The van der Waals surface area contributed by atoms with Gasteiger partial charge < -0.3 is 0 Å². The van der Waals surface area contributed by atoms with E-state index in [9.17, 15) is 0 Å². The molecule has 0 amide bonds. The molecule has 2 aliphatic rings. The molecule has 21 heavy (non-hydrogen) atoms. The summed E-state index contributed by atoms with van der Waals surface area (Å²) < 4.78 is 0. The number of hydrazine groups is 1. The molecule has 116 valence electrons. The van der Waals surface area contributed by atoms with E-state index in [2.05, 4.69) is 41.5 Å². The van der Waals surface area contributed by atoms with E-state index in [0.717, 1.165) is 6.42 Å². The highest BCUT2D eigenvalue weighted by molar-refractivity contribution is 5.28. The van der Waals surface area contributed by atoms with Crippen LogP contribution in [0.15, 0.2) is 24.3 Å². The number of likely N-dealkylation sites (tertiary alicyclic amines) is 1. The monoisotopic (exact) mass is 287 g/mol. The van der Waals surface area contributed by atoms with Crippen LogP contribution in [0.3, 0.4) is 0 Å². The molecule has 1 heterocycles. The molecule has 3 nitrogen and oxygen atoms in total. The maximum Gasteiger partial charge on any atom is 0.0643 e. The first-order valence-electron chi connectivity index (χ1n) is 8.60. The predicted molar refractivity (Wildman–Crippen MR) is 87.9 cm³/mol. The maximum absolute atomic E-state index is 6.03. The zero-order valence-corrected chi connectivity index (χ0v) is 13.3. The molecule has 3 N–H and O–H groups in total. The molecule has 0 spiro atoms. The number of hydrogen-bond acceptors (Lipinski definition) is 3. The standard InChI is InChI=1S/C18H29N3/c1-2-15-7-9-16(10-8-15)17(20-19)18(11-3-4-12-18)21-13-5-6-14-21/h7-10,17,20H,2-6,11-14,19H2,1H3. The fourth-order valence-corrected chi connectivity index (χ4v) is 4.44. The molecule has 1 aliphatic carbocycles. The molecule has 0 bridgehead atoms. The van der Waals surface area contributed by atoms with Gasteiger partial charge in [0.1, 0.15) is 0 Å². The van der Waals surface area contributed by atoms with Crippen LogP contribution in [0, 0.1) is 0 Å². The quantitative estimate of drug-likeness (QED) is 0.645. The van der Waals surface area contributed by atoms with Crippen molar-refractivity contribution in [1.82, 2.24) is 10.3 Å². The van der Waals surface area contributed by atoms with Gasteiger partial charge in [-0.25, -0.2) is 0 Å². The minimum atomic E-state index is 0.235. The molecule has 1 aromatic carbocycles. The number of benzene rings is 1. The summed E-state index contributed by atoms with van der Waals surface area (Å²) >= 11 is 0. The minimum absolute atomic E-state index is 0.235. The summed E-state index contributed by atoms with van der Waals surface area (Å²) in [6, 6.07) is 9.32. The average Bonchev–Trinajstić information content (AvgIpc) is 3.21. The number of rotatable bonds is 5. The van der Waals surface area contributed by atoms with Gasteiger partial charge >= 0.3 is 0 Å². The summed E-state index contributed by atoms with van der Waals surface area (Å²) in [5, 5.41) is 0. The molecular formula is C18H29N3.